The van der Waals surface area contributed by atoms with Crippen molar-refractivity contribution in [2.45, 2.75) is 26.3 Å². The molecule has 2 N–H and O–H groups in total. The zero-order chi connectivity index (χ0) is 22.6. The predicted molar refractivity (Wildman–Crippen MR) is 125 cm³/mol. The smallest absolute Gasteiger partial charge is 0.255 e. The molecule has 0 heterocycles. The monoisotopic (exact) mass is 432 g/mol. The second-order valence-corrected chi connectivity index (χ2v) is 7.18. The highest BCUT2D eigenvalue weighted by Gasteiger charge is 2.12. The van der Waals surface area contributed by atoms with Crippen LogP contribution in [0, 0.1) is 0 Å². The lowest BCUT2D eigenvalue weighted by molar-refractivity contribution is -0.116. The summed E-state index contributed by atoms with van der Waals surface area (Å²) in [6.45, 7) is 3.03. The van der Waals surface area contributed by atoms with E-state index >= 15 is 0 Å². The molecule has 0 aromatic heterocycles. The van der Waals surface area contributed by atoms with Gasteiger partial charge in [0.1, 0.15) is 24.7 Å². The summed E-state index contributed by atoms with van der Waals surface area (Å²) in [6.07, 6.45) is 1.30. The first-order valence-electron chi connectivity index (χ1n) is 10.7. The van der Waals surface area contributed by atoms with Gasteiger partial charge < -0.3 is 20.1 Å². The van der Waals surface area contributed by atoms with Crippen LogP contribution in [0.1, 0.15) is 35.7 Å². The molecule has 0 radical (unpaired) electrons. The zero-order valence-corrected chi connectivity index (χ0v) is 18.2. The summed E-state index contributed by atoms with van der Waals surface area (Å²) in [4.78, 5) is 24.4. The Kier molecular flexibility index (Phi) is 8.69. The number of carbonyl (C=O) groups excluding carboxylic acids is 2. The number of nitrogens with one attached hydrogen (secondary N) is 2. The van der Waals surface area contributed by atoms with Crippen molar-refractivity contribution in [3.8, 4) is 11.5 Å². The molecule has 0 saturated heterocycles. The van der Waals surface area contributed by atoms with Crippen LogP contribution in [0.5, 0.6) is 11.5 Å². The Morgan fingerprint density at radius 2 is 1.50 bits per heavy atom. The Balaban J connectivity index is 1.49. The predicted octanol–water partition coefficient (Wildman–Crippen LogP) is 4.81. The quantitative estimate of drug-likeness (QED) is 0.426. The van der Waals surface area contributed by atoms with E-state index in [9.17, 15) is 9.59 Å². The van der Waals surface area contributed by atoms with Crippen molar-refractivity contribution >= 4 is 17.5 Å². The van der Waals surface area contributed by atoms with Crippen molar-refractivity contribution in [3.05, 3.63) is 90.0 Å². The van der Waals surface area contributed by atoms with Crippen LogP contribution in [0.3, 0.4) is 0 Å². The lowest BCUT2D eigenvalue weighted by Gasteiger charge is -2.12. The normalized spacial score (nSPS) is 10.3. The van der Waals surface area contributed by atoms with Gasteiger partial charge in [0.25, 0.3) is 5.91 Å². The van der Waals surface area contributed by atoms with E-state index in [4.69, 9.17) is 9.47 Å². The zero-order valence-electron chi connectivity index (χ0n) is 18.2. The van der Waals surface area contributed by atoms with Crippen LogP contribution in [0.15, 0.2) is 78.9 Å². The standard InChI is InChI=1S/C26H28N2O4/c1-2-8-25(29)28-21-15-13-20(14-16-21)19-27-26(30)23-11-6-7-12-24(23)32-18-17-31-22-9-4-3-5-10-22/h3-7,9-16H,2,8,17-19H2,1H3,(H,27,30)(H,28,29). The summed E-state index contributed by atoms with van der Waals surface area (Å²) in [5.74, 6) is 1.07. The van der Waals surface area contributed by atoms with E-state index in [1.54, 1.807) is 18.2 Å². The highest BCUT2D eigenvalue weighted by Crippen LogP contribution is 2.18. The number of rotatable bonds is 11. The topological polar surface area (TPSA) is 76.7 Å². The number of hydrogen-bond acceptors (Lipinski definition) is 4. The van der Waals surface area contributed by atoms with E-state index in [1.165, 1.54) is 0 Å². The first-order valence-corrected chi connectivity index (χ1v) is 10.7. The average Bonchev–Trinajstić information content (AvgIpc) is 2.82. The second-order valence-electron chi connectivity index (χ2n) is 7.18. The van der Waals surface area contributed by atoms with E-state index in [0.29, 0.717) is 37.5 Å². The molecule has 0 aliphatic heterocycles. The van der Waals surface area contributed by atoms with Crippen LogP contribution in [-0.4, -0.2) is 25.0 Å². The number of para-hydroxylation sites is 2. The van der Waals surface area contributed by atoms with Crippen LogP contribution in [0.25, 0.3) is 0 Å². The van der Waals surface area contributed by atoms with Gasteiger partial charge in [-0.3, -0.25) is 9.59 Å². The van der Waals surface area contributed by atoms with Crippen molar-refractivity contribution in [2.75, 3.05) is 18.5 Å². The van der Waals surface area contributed by atoms with E-state index in [2.05, 4.69) is 10.6 Å². The van der Waals surface area contributed by atoms with Crippen LogP contribution in [0.4, 0.5) is 5.69 Å². The Bertz CT molecular complexity index is 1000. The van der Waals surface area contributed by atoms with Gasteiger partial charge >= 0.3 is 0 Å². The van der Waals surface area contributed by atoms with E-state index in [1.807, 2.05) is 67.6 Å². The molecule has 6 nitrogen and oxygen atoms in total. The number of carbonyl (C=O) groups is 2. The molecule has 166 valence electrons. The molecule has 0 unspecified atom stereocenters. The first kappa shape index (κ1) is 22.9. The number of benzene rings is 3. The van der Waals surface area contributed by atoms with Gasteiger partial charge in [0.15, 0.2) is 0 Å². The van der Waals surface area contributed by atoms with Crippen LogP contribution in [-0.2, 0) is 11.3 Å². The lowest BCUT2D eigenvalue weighted by atomic mass is 10.1. The minimum Gasteiger partial charge on any atom is -0.490 e. The fraction of sp³-hybridized carbons (Fsp3) is 0.231. The van der Waals surface area contributed by atoms with Crippen LogP contribution in [0.2, 0.25) is 0 Å². The molecular weight excluding hydrogens is 404 g/mol. The fourth-order valence-electron chi connectivity index (χ4n) is 3.04. The Morgan fingerprint density at radius 1 is 0.812 bits per heavy atom. The third-order valence-electron chi connectivity index (χ3n) is 4.65. The maximum atomic E-state index is 12.7. The summed E-state index contributed by atoms with van der Waals surface area (Å²) in [7, 11) is 0. The minimum atomic E-state index is -0.218. The number of amides is 2. The van der Waals surface area contributed by atoms with E-state index in [0.717, 1.165) is 23.4 Å². The molecule has 0 aliphatic rings. The third-order valence-corrected chi connectivity index (χ3v) is 4.65. The van der Waals surface area contributed by atoms with E-state index in [-0.39, 0.29) is 11.8 Å². The largest absolute Gasteiger partial charge is 0.490 e. The Morgan fingerprint density at radius 3 is 2.25 bits per heavy atom. The molecule has 0 atom stereocenters. The SMILES string of the molecule is CCCC(=O)Nc1ccc(CNC(=O)c2ccccc2OCCOc2ccccc2)cc1. The molecule has 0 saturated carbocycles. The Labute approximate surface area is 188 Å². The number of anilines is 1. The van der Waals surface area contributed by atoms with Gasteiger partial charge in [-0.05, 0) is 48.4 Å². The summed E-state index contributed by atoms with van der Waals surface area (Å²) in [6, 6.07) is 24.1. The molecule has 3 rings (SSSR count). The average molecular weight is 433 g/mol. The maximum absolute atomic E-state index is 12.7. The van der Waals surface area contributed by atoms with Crippen molar-refractivity contribution in [2.24, 2.45) is 0 Å². The van der Waals surface area contributed by atoms with Crippen molar-refractivity contribution in [1.29, 1.82) is 0 Å². The van der Waals surface area contributed by atoms with Crippen molar-refractivity contribution in [1.82, 2.24) is 5.32 Å². The van der Waals surface area contributed by atoms with Gasteiger partial charge in [-0.2, -0.15) is 0 Å². The summed E-state index contributed by atoms with van der Waals surface area (Å²) < 4.78 is 11.4. The summed E-state index contributed by atoms with van der Waals surface area (Å²) in [5, 5.41) is 5.76. The molecule has 0 spiro atoms. The maximum Gasteiger partial charge on any atom is 0.255 e. The third kappa shape index (κ3) is 7.16. The molecular formula is C26H28N2O4. The van der Waals surface area contributed by atoms with Gasteiger partial charge in [0.05, 0.1) is 5.56 Å². The molecule has 3 aromatic carbocycles. The molecule has 6 heteroatoms. The van der Waals surface area contributed by atoms with Gasteiger partial charge in [-0.15, -0.1) is 0 Å². The fourth-order valence-corrected chi connectivity index (χ4v) is 3.04. The van der Waals surface area contributed by atoms with Gasteiger partial charge in [0.2, 0.25) is 5.91 Å². The summed E-state index contributed by atoms with van der Waals surface area (Å²) in [5.41, 5.74) is 2.15. The molecule has 32 heavy (non-hydrogen) atoms. The molecule has 0 fully saturated rings. The highest BCUT2D eigenvalue weighted by molar-refractivity contribution is 5.96. The van der Waals surface area contributed by atoms with Gasteiger partial charge in [-0.25, -0.2) is 0 Å². The van der Waals surface area contributed by atoms with Gasteiger partial charge in [-0.1, -0.05) is 49.4 Å². The molecule has 0 aliphatic carbocycles. The number of hydrogen-bond donors (Lipinski definition) is 2. The van der Waals surface area contributed by atoms with E-state index < -0.39 is 0 Å². The van der Waals surface area contributed by atoms with Gasteiger partial charge in [0, 0.05) is 18.7 Å². The molecule has 2 amide bonds. The molecule has 0 bridgehead atoms. The molecule has 3 aromatic rings. The Hall–Kier alpha value is -3.80. The summed E-state index contributed by atoms with van der Waals surface area (Å²) >= 11 is 0. The van der Waals surface area contributed by atoms with Crippen LogP contribution < -0.4 is 20.1 Å². The second kappa shape index (κ2) is 12.2. The minimum absolute atomic E-state index is 0.000622. The first-order chi connectivity index (χ1) is 15.7. The number of ether oxygens (including phenoxy) is 2. The van der Waals surface area contributed by atoms with Crippen molar-refractivity contribution in [3.63, 3.8) is 0 Å². The highest BCUT2D eigenvalue weighted by atomic mass is 16.5. The lowest BCUT2D eigenvalue weighted by Crippen LogP contribution is -2.23. The van der Waals surface area contributed by atoms with Crippen LogP contribution >= 0.6 is 0 Å². The van der Waals surface area contributed by atoms with Crippen molar-refractivity contribution < 1.29 is 19.1 Å².